The van der Waals surface area contributed by atoms with Crippen molar-refractivity contribution >= 4 is 22.9 Å². The van der Waals surface area contributed by atoms with Crippen LogP contribution >= 0.6 is 11.3 Å². The minimum Gasteiger partial charge on any atom is -0.375 e. The van der Waals surface area contributed by atoms with E-state index in [2.05, 4.69) is 34.2 Å². The Balaban J connectivity index is 1.58. The van der Waals surface area contributed by atoms with E-state index < -0.39 is 0 Å². The first-order chi connectivity index (χ1) is 12.7. The summed E-state index contributed by atoms with van der Waals surface area (Å²) in [7, 11) is 2.06. The van der Waals surface area contributed by atoms with Crippen molar-refractivity contribution in [2.75, 3.05) is 18.5 Å². The van der Waals surface area contributed by atoms with Crippen LogP contribution in [0.4, 0.5) is 5.69 Å². The normalized spacial score (nSPS) is 10.5. The van der Waals surface area contributed by atoms with Gasteiger partial charge in [0.1, 0.15) is 5.01 Å². The molecule has 1 aromatic carbocycles. The van der Waals surface area contributed by atoms with E-state index in [1.54, 1.807) is 23.7 Å². The van der Waals surface area contributed by atoms with Crippen molar-refractivity contribution < 1.29 is 4.79 Å². The molecule has 0 aliphatic carbocycles. The van der Waals surface area contributed by atoms with Crippen LogP contribution < -0.4 is 10.2 Å². The van der Waals surface area contributed by atoms with Gasteiger partial charge in [0.25, 0.3) is 5.91 Å². The summed E-state index contributed by atoms with van der Waals surface area (Å²) in [6, 6.07) is 11.5. The molecule has 6 heteroatoms. The highest BCUT2D eigenvalue weighted by molar-refractivity contribution is 7.09. The van der Waals surface area contributed by atoms with Crippen molar-refractivity contribution in [3.63, 3.8) is 0 Å². The van der Waals surface area contributed by atoms with Gasteiger partial charge in [-0.2, -0.15) is 0 Å². The third kappa shape index (κ3) is 4.46. The Morgan fingerprint density at radius 1 is 1.15 bits per heavy atom. The number of anilines is 1. The molecular weight excluding hydrogens is 344 g/mol. The Labute approximate surface area is 157 Å². The molecule has 5 nitrogen and oxygen atoms in total. The first-order valence-corrected chi connectivity index (χ1v) is 9.49. The maximum atomic E-state index is 12.3. The Morgan fingerprint density at radius 2 is 1.88 bits per heavy atom. The lowest BCUT2D eigenvalue weighted by Crippen LogP contribution is -2.23. The molecule has 0 atom stereocenters. The number of pyridine rings is 1. The summed E-state index contributed by atoms with van der Waals surface area (Å²) < 4.78 is 0. The number of thiazole rings is 1. The van der Waals surface area contributed by atoms with E-state index in [-0.39, 0.29) is 5.91 Å². The fourth-order valence-electron chi connectivity index (χ4n) is 2.64. The lowest BCUT2D eigenvalue weighted by molar-refractivity contribution is 0.0951. The van der Waals surface area contributed by atoms with E-state index in [1.807, 2.05) is 41.8 Å². The van der Waals surface area contributed by atoms with Gasteiger partial charge in [-0.15, -0.1) is 11.3 Å². The highest BCUT2D eigenvalue weighted by atomic mass is 32.1. The lowest BCUT2D eigenvalue weighted by Gasteiger charge is -2.18. The van der Waals surface area contributed by atoms with Crippen molar-refractivity contribution in [1.82, 2.24) is 15.3 Å². The van der Waals surface area contributed by atoms with E-state index in [1.165, 1.54) is 0 Å². The second-order valence-electron chi connectivity index (χ2n) is 6.01. The zero-order valence-electron chi connectivity index (χ0n) is 15.0. The molecule has 0 fully saturated rings. The largest absolute Gasteiger partial charge is 0.375 e. The summed E-state index contributed by atoms with van der Waals surface area (Å²) in [5.41, 5.74) is 3.71. The van der Waals surface area contributed by atoms with Crippen LogP contribution in [-0.2, 0) is 6.54 Å². The van der Waals surface area contributed by atoms with Crippen molar-refractivity contribution in [2.45, 2.75) is 19.9 Å². The van der Waals surface area contributed by atoms with Crippen LogP contribution in [0.5, 0.6) is 0 Å². The van der Waals surface area contributed by atoms with Gasteiger partial charge in [0.2, 0.25) is 0 Å². The van der Waals surface area contributed by atoms with Gasteiger partial charge in [-0.25, -0.2) is 4.98 Å². The van der Waals surface area contributed by atoms with E-state index in [0.717, 1.165) is 34.9 Å². The van der Waals surface area contributed by atoms with Gasteiger partial charge in [0.15, 0.2) is 0 Å². The molecule has 0 bridgehead atoms. The molecular formula is C20H22N4OS. The Kier molecular flexibility index (Phi) is 5.96. The van der Waals surface area contributed by atoms with Crippen LogP contribution in [0.1, 0.15) is 28.7 Å². The lowest BCUT2D eigenvalue weighted by atomic mass is 10.2. The minimum absolute atomic E-state index is 0.0876. The summed E-state index contributed by atoms with van der Waals surface area (Å²) in [5.74, 6) is -0.0876. The molecule has 1 amide bonds. The predicted octanol–water partition coefficient (Wildman–Crippen LogP) is 3.98. The molecule has 0 saturated heterocycles. The van der Waals surface area contributed by atoms with Crippen LogP contribution in [0.25, 0.3) is 11.3 Å². The third-order valence-electron chi connectivity index (χ3n) is 4.06. The first kappa shape index (κ1) is 18.1. The number of nitrogens with zero attached hydrogens (tertiary/aromatic N) is 3. The van der Waals surface area contributed by atoms with Crippen molar-refractivity contribution in [1.29, 1.82) is 0 Å². The Hall–Kier alpha value is -2.73. The van der Waals surface area contributed by atoms with E-state index in [4.69, 9.17) is 0 Å². The van der Waals surface area contributed by atoms with Crippen molar-refractivity contribution in [2.24, 2.45) is 0 Å². The summed E-state index contributed by atoms with van der Waals surface area (Å²) in [5, 5.41) is 5.81. The zero-order chi connectivity index (χ0) is 18.4. The second kappa shape index (κ2) is 8.58. The molecule has 0 saturated carbocycles. The number of carbonyl (C=O) groups excluding carboxylic acids is 1. The number of nitrogens with one attached hydrogen (secondary N) is 1. The Bertz CT molecular complexity index is 846. The molecule has 2 heterocycles. The van der Waals surface area contributed by atoms with Gasteiger partial charge in [-0.05, 0) is 42.8 Å². The maximum absolute atomic E-state index is 12.3. The quantitative estimate of drug-likeness (QED) is 0.687. The van der Waals surface area contributed by atoms with Gasteiger partial charge >= 0.3 is 0 Å². The van der Waals surface area contributed by atoms with Gasteiger partial charge < -0.3 is 10.2 Å². The summed E-state index contributed by atoms with van der Waals surface area (Å²) in [6.45, 7) is 3.57. The molecule has 134 valence electrons. The summed E-state index contributed by atoms with van der Waals surface area (Å²) >= 11 is 1.54. The van der Waals surface area contributed by atoms with E-state index >= 15 is 0 Å². The van der Waals surface area contributed by atoms with Gasteiger partial charge in [0.05, 0.1) is 12.2 Å². The molecule has 26 heavy (non-hydrogen) atoms. The highest BCUT2D eigenvalue weighted by Gasteiger charge is 2.09. The fraction of sp³-hybridized carbons (Fsp3) is 0.250. The molecule has 0 spiro atoms. The number of hydrogen-bond donors (Lipinski definition) is 1. The molecule has 3 aromatic rings. The van der Waals surface area contributed by atoms with E-state index in [0.29, 0.717) is 12.1 Å². The van der Waals surface area contributed by atoms with Crippen LogP contribution in [0.3, 0.4) is 0 Å². The molecule has 2 aromatic heterocycles. The molecule has 0 unspecified atom stereocenters. The summed E-state index contributed by atoms with van der Waals surface area (Å²) in [4.78, 5) is 23.1. The fourth-order valence-corrected chi connectivity index (χ4v) is 3.38. The van der Waals surface area contributed by atoms with Gasteiger partial charge in [-0.3, -0.25) is 9.78 Å². The zero-order valence-corrected chi connectivity index (χ0v) is 15.8. The number of rotatable bonds is 7. The number of amides is 1. The van der Waals surface area contributed by atoms with Gasteiger partial charge in [-0.1, -0.05) is 6.92 Å². The predicted molar refractivity (Wildman–Crippen MR) is 107 cm³/mol. The second-order valence-corrected chi connectivity index (χ2v) is 6.96. The minimum atomic E-state index is -0.0876. The smallest absolute Gasteiger partial charge is 0.251 e. The monoisotopic (exact) mass is 366 g/mol. The third-order valence-corrected chi connectivity index (χ3v) is 4.91. The van der Waals surface area contributed by atoms with Crippen LogP contribution in [0.15, 0.2) is 54.2 Å². The SMILES string of the molecule is CCCN(C)c1ccc(C(=O)NCc2nc(-c3ccncc3)cs2)cc1. The van der Waals surface area contributed by atoms with Crippen molar-refractivity contribution in [3.8, 4) is 11.3 Å². The van der Waals surface area contributed by atoms with Crippen LogP contribution in [0.2, 0.25) is 0 Å². The number of benzene rings is 1. The molecule has 0 aliphatic rings. The number of carbonyl (C=O) groups is 1. The van der Waals surface area contributed by atoms with Gasteiger partial charge in [0, 0.05) is 48.2 Å². The van der Waals surface area contributed by atoms with Crippen molar-refractivity contribution in [3.05, 3.63) is 64.7 Å². The average Bonchev–Trinajstić information content (AvgIpc) is 3.16. The molecule has 1 N–H and O–H groups in total. The maximum Gasteiger partial charge on any atom is 0.251 e. The standard InChI is InChI=1S/C20H22N4OS/c1-3-12-24(2)17-6-4-16(5-7-17)20(25)22-13-19-23-18(14-26-19)15-8-10-21-11-9-15/h4-11,14H,3,12-13H2,1-2H3,(H,22,25). The summed E-state index contributed by atoms with van der Waals surface area (Å²) in [6.07, 6.45) is 4.59. The first-order valence-electron chi connectivity index (χ1n) is 8.61. The molecule has 3 rings (SSSR count). The van der Waals surface area contributed by atoms with Crippen LogP contribution in [0, 0.1) is 0 Å². The topological polar surface area (TPSA) is 58.1 Å². The Morgan fingerprint density at radius 3 is 2.58 bits per heavy atom. The highest BCUT2D eigenvalue weighted by Crippen LogP contribution is 2.21. The number of hydrogen-bond acceptors (Lipinski definition) is 5. The van der Waals surface area contributed by atoms with Crippen LogP contribution in [-0.4, -0.2) is 29.5 Å². The molecule has 0 aliphatic heterocycles. The van der Waals surface area contributed by atoms with E-state index in [9.17, 15) is 4.79 Å². The number of aromatic nitrogens is 2. The average molecular weight is 366 g/mol. The molecule has 0 radical (unpaired) electrons.